The lowest BCUT2D eigenvalue weighted by Crippen LogP contribution is -2.47. The molecule has 148 valence electrons. The minimum Gasteiger partial charge on any atom is -0.434 e. The summed E-state index contributed by atoms with van der Waals surface area (Å²) in [5.74, 6) is 0.306. The summed E-state index contributed by atoms with van der Waals surface area (Å²) in [4.78, 5) is 32.0. The van der Waals surface area contributed by atoms with Crippen LogP contribution in [-0.2, 0) is 9.59 Å². The van der Waals surface area contributed by atoms with Crippen LogP contribution >= 0.6 is 11.8 Å². The average molecular weight is 406 g/mol. The van der Waals surface area contributed by atoms with E-state index in [1.807, 2.05) is 13.8 Å². The Labute approximate surface area is 165 Å². The molecule has 1 aliphatic carbocycles. The molecule has 8 heteroatoms. The van der Waals surface area contributed by atoms with Gasteiger partial charge in [0.1, 0.15) is 5.75 Å². The van der Waals surface area contributed by atoms with Crippen LogP contribution in [0.25, 0.3) is 0 Å². The number of thioether (sulfide) groups is 1. The summed E-state index contributed by atoms with van der Waals surface area (Å²) in [5.41, 5.74) is 1.21. The van der Waals surface area contributed by atoms with Crippen molar-refractivity contribution >= 4 is 28.6 Å². The average Bonchev–Trinajstić information content (AvgIpc) is 2.59. The van der Waals surface area contributed by atoms with Crippen LogP contribution in [0.5, 0.6) is 5.75 Å². The number of aliphatic imine (C=N–C) groups is 1. The third kappa shape index (κ3) is 3.34. The van der Waals surface area contributed by atoms with Gasteiger partial charge in [0.25, 0.3) is 0 Å². The minimum atomic E-state index is -3.00. The monoisotopic (exact) mass is 406 g/mol. The van der Waals surface area contributed by atoms with Gasteiger partial charge in [-0.1, -0.05) is 43.8 Å². The van der Waals surface area contributed by atoms with Crippen molar-refractivity contribution in [3.63, 3.8) is 0 Å². The second-order valence-electron chi connectivity index (χ2n) is 7.88. The first kappa shape index (κ1) is 19.1. The largest absolute Gasteiger partial charge is 0.434 e. The van der Waals surface area contributed by atoms with Gasteiger partial charge in [-0.3, -0.25) is 14.5 Å². The van der Waals surface area contributed by atoms with Crippen LogP contribution in [0.3, 0.4) is 0 Å². The van der Waals surface area contributed by atoms with Crippen molar-refractivity contribution in [3.05, 3.63) is 41.1 Å². The van der Waals surface area contributed by atoms with Gasteiger partial charge >= 0.3 is 6.61 Å². The molecule has 0 radical (unpaired) electrons. The third-order valence-electron chi connectivity index (χ3n) is 5.11. The van der Waals surface area contributed by atoms with Gasteiger partial charge in [0.2, 0.25) is 5.91 Å². The van der Waals surface area contributed by atoms with Crippen LogP contribution in [0.15, 0.2) is 40.5 Å². The van der Waals surface area contributed by atoms with Crippen molar-refractivity contribution in [2.24, 2.45) is 10.4 Å². The fraction of sp³-hybridized carbons (Fsp3) is 0.450. The summed E-state index contributed by atoms with van der Waals surface area (Å²) in [6, 6.07) is 5.56. The highest BCUT2D eigenvalue weighted by molar-refractivity contribution is 8.14. The van der Waals surface area contributed by atoms with Gasteiger partial charge in [0, 0.05) is 29.7 Å². The number of fused-ring (bicyclic) bond motifs is 1. The molecule has 1 atom stereocenters. The molecule has 1 aromatic rings. The van der Waals surface area contributed by atoms with Crippen molar-refractivity contribution in [1.82, 2.24) is 4.90 Å². The Balaban J connectivity index is 1.91. The van der Waals surface area contributed by atoms with E-state index in [1.165, 1.54) is 22.7 Å². The molecule has 4 rings (SSSR count). The zero-order valence-electron chi connectivity index (χ0n) is 15.6. The Morgan fingerprint density at radius 1 is 1.25 bits per heavy atom. The van der Waals surface area contributed by atoms with Crippen LogP contribution < -0.4 is 4.74 Å². The number of amidine groups is 1. The number of benzene rings is 1. The Morgan fingerprint density at radius 3 is 2.75 bits per heavy atom. The molecule has 0 saturated carbocycles. The number of hydrogen-bond donors (Lipinski definition) is 0. The molecule has 2 heterocycles. The molecule has 0 N–H and O–H groups in total. The van der Waals surface area contributed by atoms with Crippen molar-refractivity contribution in [2.45, 2.75) is 45.8 Å². The summed E-state index contributed by atoms with van der Waals surface area (Å²) in [6.07, 6.45) is 1.22. The second-order valence-corrected chi connectivity index (χ2v) is 8.94. The van der Waals surface area contributed by atoms with E-state index < -0.39 is 12.7 Å². The SMILES string of the molecule is CC1(C)CC(=O)C2=C(C1)N=C1SCCC(=O)N1[C@H]2c1ccccc1OC(F)F. The van der Waals surface area contributed by atoms with E-state index >= 15 is 0 Å². The van der Waals surface area contributed by atoms with Crippen LogP contribution in [0.1, 0.15) is 44.7 Å². The van der Waals surface area contributed by atoms with Crippen LogP contribution in [0.4, 0.5) is 8.78 Å². The van der Waals surface area contributed by atoms with E-state index in [1.54, 1.807) is 18.2 Å². The Bertz CT molecular complexity index is 910. The van der Waals surface area contributed by atoms with Crippen molar-refractivity contribution in [3.8, 4) is 5.75 Å². The summed E-state index contributed by atoms with van der Waals surface area (Å²) in [6.45, 7) is 1.01. The number of hydrogen-bond acceptors (Lipinski definition) is 5. The fourth-order valence-electron chi connectivity index (χ4n) is 4.03. The quantitative estimate of drug-likeness (QED) is 0.751. The molecular weight excluding hydrogens is 386 g/mol. The van der Waals surface area contributed by atoms with E-state index in [9.17, 15) is 18.4 Å². The zero-order chi connectivity index (χ0) is 20.1. The van der Waals surface area contributed by atoms with Gasteiger partial charge in [-0.15, -0.1) is 0 Å². The van der Waals surface area contributed by atoms with Gasteiger partial charge in [-0.25, -0.2) is 4.99 Å². The molecule has 1 fully saturated rings. The molecule has 28 heavy (non-hydrogen) atoms. The molecule has 0 unspecified atom stereocenters. The Hall–Kier alpha value is -2.22. The smallest absolute Gasteiger partial charge is 0.387 e. The number of para-hydroxylation sites is 1. The van der Waals surface area contributed by atoms with Crippen molar-refractivity contribution in [2.75, 3.05) is 5.75 Å². The summed E-state index contributed by atoms with van der Waals surface area (Å²) in [7, 11) is 0. The predicted molar refractivity (Wildman–Crippen MR) is 102 cm³/mol. The first-order chi connectivity index (χ1) is 13.3. The van der Waals surface area contributed by atoms with Gasteiger partial charge in [0.15, 0.2) is 11.0 Å². The van der Waals surface area contributed by atoms with Crippen LogP contribution in [0.2, 0.25) is 0 Å². The molecule has 3 aliphatic rings. The Morgan fingerprint density at radius 2 is 2.00 bits per heavy atom. The van der Waals surface area contributed by atoms with E-state index in [-0.39, 0.29) is 22.9 Å². The zero-order valence-corrected chi connectivity index (χ0v) is 16.4. The van der Waals surface area contributed by atoms with E-state index in [0.29, 0.717) is 47.0 Å². The summed E-state index contributed by atoms with van der Waals surface area (Å²) < 4.78 is 30.7. The number of ketones is 1. The molecule has 0 spiro atoms. The molecule has 0 bridgehead atoms. The van der Waals surface area contributed by atoms with E-state index in [0.717, 1.165) is 0 Å². The van der Waals surface area contributed by atoms with Crippen LogP contribution in [-0.4, -0.2) is 34.1 Å². The van der Waals surface area contributed by atoms with Gasteiger partial charge in [-0.05, 0) is 17.9 Å². The maximum absolute atomic E-state index is 13.1. The number of rotatable bonds is 3. The molecule has 1 aromatic carbocycles. The fourth-order valence-corrected chi connectivity index (χ4v) is 5.01. The highest BCUT2D eigenvalue weighted by Gasteiger charge is 2.46. The Kier molecular flexibility index (Phi) is 4.77. The highest BCUT2D eigenvalue weighted by atomic mass is 32.2. The van der Waals surface area contributed by atoms with Gasteiger partial charge < -0.3 is 4.74 Å². The lowest BCUT2D eigenvalue weighted by molar-refractivity contribution is -0.128. The molecule has 1 amide bonds. The standard InChI is InChI=1S/C20H20F2N2O3S/c1-20(2)9-12-16(13(25)10-20)17(24-15(26)7-8-28-19(24)23-12)11-5-3-4-6-14(11)27-18(21)22/h3-6,17-18H,7-10H2,1-2H3/t17-/m0/s1. The molecular formula is C20H20F2N2O3S. The lowest BCUT2D eigenvalue weighted by atomic mass is 9.73. The number of carbonyl (C=O) groups excluding carboxylic acids is 2. The second kappa shape index (κ2) is 6.99. The predicted octanol–water partition coefficient (Wildman–Crippen LogP) is 4.31. The number of nitrogens with zero attached hydrogens (tertiary/aromatic N) is 2. The van der Waals surface area contributed by atoms with Crippen molar-refractivity contribution in [1.29, 1.82) is 0 Å². The van der Waals surface area contributed by atoms with Crippen molar-refractivity contribution < 1.29 is 23.1 Å². The first-order valence-electron chi connectivity index (χ1n) is 9.10. The first-order valence-corrected chi connectivity index (χ1v) is 10.1. The van der Waals surface area contributed by atoms with Crippen LogP contribution in [0, 0.1) is 5.41 Å². The number of halogens is 2. The number of ether oxygens (including phenoxy) is 1. The minimum absolute atomic E-state index is 0.0309. The summed E-state index contributed by atoms with van der Waals surface area (Å²) >= 11 is 1.45. The molecule has 2 aliphatic heterocycles. The summed E-state index contributed by atoms with van der Waals surface area (Å²) in [5, 5.41) is 0.525. The lowest BCUT2D eigenvalue weighted by Gasteiger charge is -2.43. The number of carbonyl (C=O) groups is 2. The number of Topliss-reactive ketones (excluding diaryl/α,β-unsaturated/α-hetero) is 1. The normalized spacial score (nSPS) is 24.1. The highest BCUT2D eigenvalue weighted by Crippen LogP contribution is 2.49. The third-order valence-corrected chi connectivity index (χ3v) is 6.06. The maximum Gasteiger partial charge on any atom is 0.387 e. The number of amides is 1. The van der Waals surface area contributed by atoms with Gasteiger partial charge in [0.05, 0.1) is 11.7 Å². The number of alkyl halides is 2. The van der Waals surface area contributed by atoms with E-state index in [2.05, 4.69) is 4.99 Å². The molecule has 1 saturated heterocycles. The molecule has 0 aromatic heterocycles. The maximum atomic E-state index is 13.1. The van der Waals surface area contributed by atoms with Gasteiger partial charge in [-0.2, -0.15) is 8.78 Å². The number of allylic oxidation sites excluding steroid dienone is 1. The molecule has 5 nitrogen and oxygen atoms in total. The van der Waals surface area contributed by atoms with E-state index in [4.69, 9.17) is 4.74 Å². The topological polar surface area (TPSA) is 59.0 Å².